The van der Waals surface area contributed by atoms with Gasteiger partial charge in [-0.25, -0.2) is 4.39 Å². The second-order valence-electron chi connectivity index (χ2n) is 19.5. The number of carbonyl (C=O) groups excluding carboxylic acids is 5. The van der Waals surface area contributed by atoms with Crippen molar-refractivity contribution in [3.63, 3.8) is 0 Å². The average molecular weight is 959 g/mol. The van der Waals surface area contributed by atoms with E-state index >= 15 is 0 Å². The lowest BCUT2D eigenvalue weighted by atomic mass is 9.95. The molecule has 16 heteroatoms. The van der Waals surface area contributed by atoms with Gasteiger partial charge in [-0.15, -0.1) is 0 Å². The molecule has 0 spiro atoms. The van der Waals surface area contributed by atoms with Gasteiger partial charge in [-0.1, -0.05) is 18.2 Å². The summed E-state index contributed by atoms with van der Waals surface area (Å²) >= 11 is 0. The van der Waals surface area contributed by atoms with Gasteiger partial charge >= 0.3 is 0 Å². The predicted molar refractivity (Wildman–Crippen MR) is 267 cm³/mol. The third kappa shape index (κ3) is 9.48. The number of pyridine rings is 1. The quantitative estimate of drug-likeness (QED) is 0.0777. The van der Waals surface area contributed by atoms with Crippen molar-refractivity contribution in [3.05, 3.63) is 126 Å². The fourth-order valence-electron chi connectivity index (χ4n) is 10.6. The van der Waals surface area contributed by atoms with E-state index in [2.05, 4.69) is 42.8 Å². The molecular formula is C55H55FN8O7. The average Bonchev–Trinajstić information content (AvgIpc) is 4.14. The molecule has 3 saturated heterocycles. The zero-order valence-corrected chi connectivity index (χ0v) is 39.5. The minimum Gasteiger partial charge on any atom is -0.495 e. The summed E-state index contributed by atoms with van der Waals surface area (Å²) in [6.07, 6.45) is 3.61. The standard InChI is InChI=1S/C55H55FN8O7/c1-70-49-30-43-35(3-2-4-48(43)71-42-13-11-40(12-14-42)59-54(69)55(19-20-55)53(68)58-39-9-6-38(56)7-10-39)29-47(49)63-21-17-34(18-22-63)31-61-23-25-62(26-24-61)33-41-8-5-36-27-44-37(28-45(36)57-41)32-64(52(44)67)46-15-16-50(65)60-51(46)66/h2-14,27-30,34,46H,15-26,31-33H2,1H3,(H,58,68)(H,59,69)(H,60,65,66)/t46-/m0/s1. The van der Waals surface area contributed by atoms with E-state index < -0.39 is 29.1 Å². The highest BCUT2D eigenvalue weighted by atomic mass is 19.1. The summed E-state index contributed by atoms with van der Waals surface area (Å²) in [5.74, 6) is 0.578. The molecule has 5 aromatic carbocycles. The van der Waals surface area contributed by atoms with Gasteiger partial charge in [-0.05, 0) is 134 Å². The van der Waals surface area contributed by atoms with Crippen molar-refractivity contribution in [1.82, 2.24) is 25.0 Å². The number of anilines is 3. The molecule has 5 heterocycles. The summed E-state index contributed by atoms with van der Waals surface area (Å²) in [7, 11) is 1.70. The van der Waals surface area contributed by atoms with E-state index in [0.29, 0.717) is 60.2 Å². The fourth-order valence-corrected chi connectivity index (χ4v) is 10.6. The second-order valence-corrected chi connectivity index (χ2v) is 19.5. The topological polar surface area (TPSA) is 166 Å². The van der Waals surface area contributed by atoms with E-state index in [1.807, 2.05) is 42.5 Å². The summed E-state index contributed by atoms with van der Waals surface area (Å²) in [5.41, 5.74) is 4.17. The molecule has 3 N–H and O–H groups in total. The minimum absolute atomic E-state index is 0.176. The first kappa shape index (κ1) is 46.0. The zero-order chi connectivity index (χ0) is 48.8. The molecule has 5 amide bonds. The lowest BCUT2D eigenvalue weighted by molar-refractivity contribution is -0.137. The molecule has 1 aromatic heterocycles. The summed E-state index contributed by atoms with van der Waals surface area (Å²) in [6, 6.07) is 30.1. The van der Waals surface area contributed by atoms with Crippen LogP contribution in [0, 0.1) is 17.2 Å². The molecular weight excluding hydrogens is 904 g/mol. The number of nitrogens with zero attached hydrogens (tertiary/aromatic N) is 5. The van der Waals surface area contributed by atoms with E-state index in [1.165, 1.54) is 24.3 Å². The first-order valence-corrected chi connectivity index (χ1v) is 24.5. The third-order valence-corrected chi connectivity index (χ3v) is 14.9. The van der Waals surface area contributed by atoms with Gasteiger partial charge in [0.05, 0.1) is 24.0 Å². The molecule has 364 valence electrons. The largest absolute Gasteiger partial charge is 0.495 e. The zero-order valence-electron chi connectivity index (χ0n) is 39.5. The molecule has 4 fully saturated rings. The van der Waals surface area contributed by atoms with Crippen molar-refractivity contribution < 1.29 is 37.8 Å². The Morgan fingerprint density at radius 3 is 2.17 bits per heavy atom. The summed E-state index contributed by atoms with van der Waals surface area (Å²) in [5, 5.41) is 10.8. The number of benzene rings is 5. The van der Waals surface area contributed by atoms with Gasteiger partial charge in [0.25, 0.3) is 5.91 Å². The van der Waals surface area contributed by atoms with Crippen molar-refractivity contribution in [2.24, 2.45) is 11.3 Å². The Balaban J connectivity index is 0.655. The molecule has 5 aliphatic rings. The van der Waals surface area contributed by atoms with E-state index in [-0.39, 0.29) is 24.1 Å². The van der Waals surface area contributed by atoms with Crippen LogP contribution in [0.15, 0.2) is 103 Å². The van der Waals surface area contributed by atoms with Crippen molar-refractivity contribution in [2.75, 3.05) is 68.5 Å². The Morgan fingerprint density at radius 1 is 0.775 bits per heavy atom. The molecule has 0 radical (unpaired) electrons. The van der Waals surface area contributed by atoms with Gasteiger partial charge in [-0.3, -0.25) is 39.2 Å². The molecule has 11 rings (SSSR count). The van der Waals surface area contributed by atoms with Crippen LogP contribution in [0.4, 0.5) is 21.5 Å². The molecule has 1 atom stereocenters. The van der Waals surface area contributed by atoms with Gasteiger partial charge in [0.15, 0.2) is 0 Å². The van der Waals surface area contributed by atoms with Crippen molar-refractivity contribution >= 4 is 68.3 Å². The number of aromatic nitrogens is 1. The Kier molecular flexibility index (Phi) is 12.3. The molecule has 0 unspecified atom stereocenters. The minimum atomic E-state index is -1.16. The molecule has 1 aliphatic carbocycles. The van der Waals surface area contributed by atoms with Crippen LogP contribution >= 0.6 is 0 Å². The highest BCUT2D eigenvalue weighted by Gasteiger charge is 2.56. The third-order valence-electron chi connectivity index (χ3n) is 14.9. The van der Waals surface area contributed by atoms with Crippen LogP contribution in [0.3, 0.4) is 0 Å². The van der Waals surface area contributed by atoms with Crippen LogP contribution in [0.5, 0.6) is 17.2 Å². The summed E-state index contributed by atoms with van der Waals surface area (Å²) in [4.78, 5) is 77.9. The normalized spacial score (nSPS) is 19.4. The van der Waals surface area contributed by atoms with Gasteiger partial charge in [-0.2, -0.15) is 0 Å². The van der Waals surface area contributed by atoms with Gasteiger partial charge in [0.2, 0.25) is 23.6 Å². The van der Waals surface area contributed by atoms with E-state index in [4.69, 9.17) is 14.5 Å². The maximum Gasteiger partial charge on any atom is 0.255 e. The number of ether oxygens (including phenoxy) is 2. The number of hydrogen-bond acceptors (Lipinski definition) is 11. The van der Waals surface area contributed by atoms with Crippen LogP contribution in [-0.4, -0.2) is 108 Å². The van der Waals surface area contributed by atoms with Crippen molar-refractivity contribution in [1.29, 1.82) is 0 Å². The smallest absolute Gasteiger partial charge is 0.255 e. The monoisotopic (exact) mass is 958 g/mol. The number of piperazine rings is 1. The van der Waals surface area contributed by atoms with E-state index in [9.17, 15) is 28.4 Å². The summed E-state index contributed by atoms with van der Waals surface area (Å²) in [6.45, 7) is 7.97. The van der Waals surface area contributed by atoms with E-state index in [0.717, 1.165) is 110 Å². The van der Waals surface area contributed by atoms with Crippen LogP contribution in [0.2, 0.25) is 0 Å². The van der Waals surface area contributed by atoms with Crippen LogP contribution < -0.4 is 30.3 Å². The number of hydrogen-bond donors (Lipinski definition) is 3. The van der Waals surface area contributed by atoms with Gasteiger partial charge in [0.1, 0.15) is 34.5 Å². The number of nitrogens with one attached hydrogen (secondary N) is 3. The van der Waals surface area contributed by atoms with Crippen molar-refractivity contribution in [2.45, 2.75) is 57.7 Å². The number of rotatable bonds is 13. The van der Waals surface area contributed by atoms with Crippen LogP contribution in [0.1, 0.15) is 60.1 Å². The van der Waals surface area contributed by atoms with Gasteiger partial charge in [0, 0.05) is 93.0 Å². The number of methoxy groups -OCH3 is 1. The van der Waals surface area contributed by atoms with Crippen LogP contribution in [-0.2, 0) is 32.3 Å². The first-order valence-electron chi connectivity index (χ1n) is 24.5. The SMILES string of the molecule is COc1cc2c(Oc3ccc(NC(=O)C4(C(=O)Nc5ccc(F)cc5)CC4)cc3)cccc2cc1N1CCC(CN2CCN(Cc3ccc4cc5c(cc4n3)CN([C@H]3CCC(=O)NC3=O)C5=O)CC2)CC1. The molecule has 1 saturated carbocycles. The number of imide groups is 1. The molecule has 0 bridgehead atoms. The van der Waals surface area contributed by atoms with Crippen LogP contribution in [0.25, 0.3) is 21.7 Å². The highest BCUT2D eigenvalue weighted by Crippen LogP contribution is 2.48. The molecule has 4 aliphatic heterocycles. The number of fused-ring (bicyclic) bond motifs is 3. The molecule has 6 aromatic rings. The summed E-state index contributed by atoms with van der Waals surface area (Å²) < 4.78 is 25.7. The molecule has 15 nitrogen and oxygen atoms in total. The van der Waals surface area contributed by atoms with Gasteiger partial charge < -0.3 is 34.8 Å². The number of carbonyl (C=O) groups is 5. The second kappa shape index (κ2) is 19.1. The Hall–Kier alpha value is -7.43. The lowest BCUT2D eigenvalue weighted by Crippen LogP contribution is -2.52. The Bertz CT molecular complexity index is 3070. The first-order chi connectivity index (χ1) is 34.5. The highest BCUT2D eigenvalue weighted by molar-refractivity contribution is 6.17. The lowest BCUT2D eigenvalue weighted by Gasteiger charge is -2.39. The van der Waals surface area contributed by atoms with Crippen molar-refractivity contribution in [3.8, 4) is 17.2 Å². The fraction of sp³-hybridized carbons (Fsp3) is 0.345. The maximum absolute atomic E-state index is 13.3. The Labute approximate surface area is 410 Å². The Morgan fingerprint density at radius 2 is 1.48 bits per heavy atom. The predicted octanol–water partition coefficient (Wildman–Crippen LogP) is 7.48. The number of halogens is 1. The molecule has 71 heavy (non-hydrogen) atoms. The maximum atomic E-state index is 13.3. The number of piperidine rings is 2. The van der Waals surface area contributed by atoms with E-state index in [1.54, 1.807) is 36.3 Å². The number of amides is 5.